The molecular weight excluding hydrogens is 398 g/mol. The summed E-state index contributed by atoms with van der Waals surface area (Å²) in [5.74, 6) is 1.75. The third-order valence-corrected chi connectivity index (χ3v) is 4.77. The van der Waals surface area contributed by atoms with Crippen molar-refractivity contribution in [2.75, 3.05) is 44.8 Å². The zero-order valence-electron chi connectivity index (χ0n) is 14.7. The first-order valence-electron chi connectivity index (χ1n) is 8.50. The molecule has 0 radical (unpaired) electrons. The first kappa shape index (κ1) is 18.7. The standard InChI is InChI=1S/C19H22BrN3O3/c1-25-17-4-2-3-15(11-17)13-26-14-19(24)23-9-7-22(8-10-23)18-6-5-16(20)12-21-18/h2-6,11-12H,7-10,13-14H2,1H3. The summed E-state index contributed by atoms with van der Waals surface area (Å²) < 4.78 is 11.7. The van der Waals surface area contributed by atoms with Crippen molar-refractivity contribution in [1.82, 2.24) is 9.88 Å². The number of ether oxygens (including phenoxy) is 2. The van der Waals surface area contributed by atoms with Crippen molar-refractivity contribution in [2.24, 2.45) is 0 Å². The largest absolute Gasteiger partial charge is 0.497 e. The van der Waals surface area contributed by atoms with Gasteiger partial charge >= 0.3 is 0 Å². The van der Waals surface area contributed by atoms with Crippen LogP contribution in [0.2, 0.25) is 0 Å². The number of nitrogens with zero attached hydrogens (tertiary/aromatic N) is 3. The fraction of sp³-hybridized carbons (Fsp3) is 0.368. The maximum Gasteiger partial charge on any atom is 0.248 e. The average molecular weight is 420 g/mol. The minimum absolute atomic E-state index is 0.0244. The molecule has 26 heavy (non-hydrogen) atoms. The third kappa shape index (κ3) is 4.95. The van der Waals surface area contributed by atoms with Crippen LogP contribution in [-0.2, 0) is 16.1 Å². The molecule has 138 valence electrons. The van der Waals surface area contributed by atoms with Crippen molar-refractivity contribution < 1.29 is 14.3 Å². The molecule has 2 heterocycles. The van der Waals surface area contributed by atoms with Crippen LogP contribution in [0.5, 0.6) is 5.75 Å². The molecule has 1 aliphatic heterocycles. The Morgan fingerprint density at radius 2 is 2.00 bits per heavy atom. The number of hydrogen-bond donors (Lipinski definition) is 0. The van der Waals surface area contributed by atoms with Crippen molar-refractivity contribution in [3.05, 3.63) is 52.6 Å². The van der Waals surface area contributed by atoms with Gasteiger partial charge in [0.25, 0.3) is 0 Å². The minimum Gasteiger partial charge on any atom is -0.497 e. The molecule has 1 aliphatic rings. The Kier molecular flexibility index (Phi) is 6.46. The molecule has 1 aromatic heterocycles. The lowest BCUT2D eigenvalue weighted by molar-refractivity contribution is -0.136. The zero-order chi connectivity index (χ0) is 18.4. The number of benzene rings is 1. The number of hydrogen-bond acceptors (Lipinski definition) is 5. The minimum atomic E-state index is 0.0244. The summed E-state index contributed by atoms with van der Waals surface area (Å²) in [4.78, 5) is 20.8. The van der Waals surface area contributed by atoms with Gasteiger partial charge in [-0.3, -0.25) is 4.79 Å². The van der Waals surface area contributed by atoms with E-state index in [1.54, 1.807) is 13.3 Å². The van der Waals surface area contributed by atoms with E-state index in [9.17, 15) is 4.79 Å². The van der Waals surface area contributed by atoms with Crippen LogP contribution in [0.15, 0.2) is 47.1 Å². The Hall–Kier alpha value is -2.12. The van der Waals surface area contributed by atoms with Crippen molar-refractivity contribution in [2.45, 2.75) is 6.61 Å². The second kappa shape index (κ2) is 9.00. The van der Waals surface area contributed by atoms with Crippen LogP contribution in [0.1, 0.15) is 5.56 Å². The van der Waals surface area contributed by atoms with Crippen molar-refractivity contribution in [3.63, 3.8) is 0 Å². The van der Waals surface area contributed by atoms with E-state index in [4.69, 9.17) is 9.47 Å². The van der Waals surface area contributed by atoms with Gasteiger partial charge in [0.05, 0.1) is 13.7 Å². The fourth-order valence-corrected chi connectivity index (χ4v) is 3.08. The predicted molar refractivity (Wildman–Crippen MR) is 103 cm³/mol. The highest BCUT2D eigenvalue weighted by Crippen LogP contribution is 2.17. The van der Waals surface area contributed by atoms with E-state index in [-0.39, 0.29) is 12.5 Å². The van der Waals surface area contributed by atoms with Crippen LogP contribution in [0.3, 0.4) is 0 Å². The second-order valence-electron chi connectivity index (χ2n) is 6.05. The van der Waals surface area contributed by atoms with Crippen molar-refractivity contribution in [3.8, 4) is 5.75 Å². The van der Waals surface area contributed by atoms with Gasteiger partial charge in [0, 0.05) is 36.8 Å². The Labute approximate surface area is 161 Å². The summed E-state index contributed by atoms with van der Waals surface area (Å²) in [6.45, 7) is 3.39. The maximum absolute atomic E-state index is 12.3. The lowest BCUT2D eigenvalue weighted by Gasteiger charge is -2.35. The number of amides is 1. The molecule has 3 rings (SSSR count). The van der Waals surface area contributed by atoms with E-state index in [1.165, 1.54) is 0 Å². The summed E-state index contributed by atoms with van der Waals surface area (Å²) in [5.41, 5.74) is 0.989. The van der Waals surface area contributed by atoms with Gasteiger partial charge < -0.3 is 19.3 Å². The van der Waals surface area contributed by atoms with E-state index >= 15 is 0 Å². The first-order valence-corrected chi connectivity index (χ1v) is 9.30. The molecule has 0 spiro atoms. The molecule has 0 atom stereocenters. The number of rotatable bonds is 6. The lowest BCUT2D eigenvalue weighted by Crippen LogP contribution is -2.50. The lowest BCUT2D eigenvalue weighted by atomic mass is 10.2. The Bertz CT molecular complexity index is 731. The van der Waals surface area contributed by atoms with E-state index in [0.29, 0.717) is 19.7 Å². The summed E-state index contributed by atoms with van der Waals surface area (Å²) in [6, 6.07) is 11.6. The monoisotopic (exact) mass is 419 g/mol. The summed E-state index contributed by atoms with van der Waals surface area (Å²) in [7, 11) is 1.63. The van der Waals surface area contributed by atoms with Crippen LogP contribution in [0.4, 0.5) is 5.82 Å². The first-order chi connectivity index (χ1) is 12.7. The number of carbonyl (C=O) groups excluding carboxylic acids is 1. The van der Waals surface area contributed by atoms with E-state index in [2.05, 4.69) is 25.8 Å². The number of anilines is 1. The topological polar surface area (TPSA) is 54.9 Å². The van der Waals surface area contributed by atoms with Crippen LogP contribution in [0.25, 0.3) is 0 Å². The van der Waals surface area contributed by atoms with Crippen LogP contribution < -0.4 is 9.64 Å². The van der Waals surface area contributed by atoms with Crippen LogP contribution in [0, 0.1) is 0 Å². The van der Waals surface area contributed by atoms with Gasteiger partial charge in [-0.15, -0.1) is 0 Å². The van der Waals surface area contributed by atoms with Crippen LogP contribution >= 0.6 is 15.9 Å². The zero-order valence-corrected chi connectivity index (χ0v) is 16.3. The molecule has 0 N–H and O–H groups in total. The Morgan fingerprint density at radius 1 is 1.19 bits per heavy atom. The smallest absolute Gasteiger partial charge is 0.248 e. The van der Waals surface area contributed by atoms with Gasteiger partial charge in [-0.05, 0) is 45.8 Å². The summed E-state index contributed by atoms with van der Waals surface area (Å²) >= 11 is 3.39. The second-order valence-corrected chi connectivity index (χ2v) is 6.96. The van der Waals surface area contributed by atoms with E-state index in [0.717, 1.165) is 34.7 Å². The number of aromatic nitrogens is 1. The summed E-state index contributed by atoms with van der Waals surface area (Å²) in [5, 5.41) is 0. The molecule has 1 saturated heterocycles. The highest BCUT2D eigenvalue weighted by Gasteiger charge is 2.21. The number of carbonyl (C=O) groups is 1. The van der Waals surface area contributed by atoms with Gasteiger partial charge in [0.15, 0.2) is 0 Å². The summed E-state index contributed by atoms with van der Waals surface area (Å²) in [6.07, 6.45) is 1.79. The van der Waals surface area contributed by atoms with Gasteiger partial charge in [-0.2, -0.15) is 0 Å². The van der Waals surface area contributed by atoms with Crippen LogP contribution in [-0.4, -0.2) is 55.7 Å². The third-order valence-electron chi connectivity index (χ3n) is 4.30. The molecule has 0 bridgehead atoms. The number of halogens is 1. The quantitative estimate of drug-likeness (QED) is 0.720. The number of methoxy groups -OCH3 is 1. The Morgan fingerprint density at radius 3 is 2.69 bits per heavy atom. The van der Waals surface area contributed by atoms with Gasteiger partial charge in [-0.25, -0.2) is 4.98 Å². The maximum atomic E-state index is 12.3. The fourth-order valence-electron chi connectivity index (χ4n) is 2.85. The molecule has 6 nitrogen and oxygen atoms in total. The van der Waals surface area contributed by atoms with Crippen molar-refractivity contribution >= 4 is 27.7 Å². The predicted octanol–water partition coefficient (Wildman–Crippen LogP) is 2.72. The molecule has 2 aromatic rings. The van der Waals surface area contributed by atoms with Crippen molar-refractivity contribution in [1.29, 1.82) is 0 Å². The average Bonchev–Trinajstić information content (AvgIpc) is 2.69. The number of pyridine rings is 1. The molecular formula is C19H22BrN3O3. The molecule has 1 fully saturated rings. The molecule has 7 heteroatoms. The highest BCUT2D eigenvalue weighted by molar-refractivity contribution is 9.10. The highest BCUT2D eigenvalue weighted by atomic mass is 79.9. The number of piperazine rings is 1. The SMILES string of the molecule is COc1cccc(COCC(=O)N2CCN(c3ccc(Br)cn3)CC2)c1. The van der Waals surface area contributed by atoms with Gasteiger partial charge in [0.1, 0.15) is 18.2 Å². The molecule has 1 aromatic carbocycles. The molecule has 1 amide bonds. The van der Waals surface area contributed by atoms with E-state index in [1.807, 2.05) is 41.3 Å². The van der Waals surface area contributed by atoms with E-state index < -0.39 is 0 Å². The molecule has 0 unspecified atom stereocenters. The Balaban J connectivity index is 1.42. The molecule has 0 saturated carbocycles. The van der Waals surface area contributed by atoms with Gasteiger partial charge in [-0.1, -0.05) is 12.1 Å². The normalized spacial score (nSPS) is 14.4. The molecule has 0 aliphatic carbocycles. The van der Waals surface area contributed by atoms with Gasteiger partial charge in [0.2, 0.25) is 5.91 Å².